The van der Waals surface area contributed by atoms with E-state index in [4.69, 9.17) is 0 Å². The summed E-state index contributed by atoms with van der Waals surface area (Å²) in [7, 11) is -1.50. The number of unbranched alkanes of at least 4 members (excludes halogenated alkanes) is 9. The van der Waals surface area contributed by atoms with Crippen LogP contribution in [0.5, 0.6) is 0 Å². The van der Waals surface area contributed by atoms with Crippen molar-refractivity contribution in [3.05, 3.63) is 18.5 Å². The van der Waals surface area contributed by atoms with Gasteiger partial charge in [-0.25, -0.2) is 8.42 Å². The first-order chi connectivity index (χ1) is 11.4. The molecule has 0 aliphatic heterocycles. The summed E-state index contributed by atoms with van der Waals surface area (Å²) >= 11 is 0. The van der Waals surface area contributed by atoms with Crippen LogP contribution in [0.25, 0.3) is 0 Å². The zero-order chi connectivity index (χ0) is 18.3. The third-order valence-corrected chi connectivity index (χ3v) is 4.32. The van der Waals surface area contributed by atoms with Gasteiger partial charge in [-0.2, -0.15) is 4.68 Å². The van der Waals surface area contributed by atoms with Gasteiger partial charge in [-0.3, -0.25) is 4.18 Å². The van der Waals surface area contributed by atoms with Crippen molar-refractivity contribution in [3.8, 4) is 0 Å². The molecule has 1 heterocycles. The Kier molecular flexibility index (Phi) is 13.9. The van der Waals surface area contributed by atoms with Crippen LogP contribution in [0, 0.1) is 0 Å². The second-order valence-electron chi connectivity index (χ2n) is 5.98. The van der Waals surface area contributed by atoms with Crippen LogP contribution < -0.4 is 4.68 Å². The number of aryl methyl sites for hydroxylation is 2. The summed E-state index contributed by atoms with van der Waals surface area (Å²) < 4.78 is 35.5. The molecule has 0 unspecified atom stereocenters. The van der Waals surface area contributed by atoms with Crippen molar-refractivity contribution in [2.75, 3.05) is 7.11 Å². The van der Waals surface area contributed by atoms with E-state index < -0.39 is 10.4 Å². The van der Waals surface area contributed by atoms with Crippen molar-refractivity contribution in [2.24, 2.45) is 7.05 Å². The largest absolute Gasteiger partial charge is 0.726 e. The van der Waals surface area contributed by atoms with Crippen LogP contribution in [0.1, 0.15) is 71.1 Å². The highest BCUT2D eigenvalue weighted by molar-refractivity contribution is 7.80. The molecule has 0 atom stereocenters. The van der Waals surface area contributed by atoms with E-state index in [0.29, 0.717) is 0 Å². The molecule has 6 nitrogen and oxygen atoms in total. The topological polar surface area (TPSA) is 75.2 Å². The average Bonchev–Trinajstić information content (AvgIpc) is 2.94. The van der Waals surface area contributed by atoms with Crippen LogP contribution in [0.2, 0.25) is 0 Å². The smallest absolute Gasteiger partial charge is 0.217 e. The maximum atomic E-state index is 9.22. The molecule has 7 heteroatoms. The van der Waals surface area contributed by atoms with E-state index in [1.807, 2.05) is 0 Å². The monoisotopic (exact) mass is 362 g/mol. The van der Waals surface area contributed by atoms with E-state index in [1.54, 1.807) is 0 Å². The lowest BCUT2D eigenvalue weighted by Gasteiger charge is -2.01. The fraction of sp³-hybridized carbons (Fsp3) is 0.824. The predicted octanol–water partition coefficient (Wildman–Crippen LogP) is 3.33. The molecule has 1 rings (SSSR count). The molecule has 0 fully saturated rings. The molecule has 1 aromatic rings. The minimum atomic E-state index is -4.41. The molecule has 0 N–H and O–H groups in total. The average molecular weight is 363 g/mol. The van der Waals surface area contributed by atoms with Crippen molar-refractivity contribution in [1.82, 2.24) is 4.68 Å². The Balaban J connectivity index is 0.000000754. The van der Waals surface area contributed by atoms with Crippen LogP contribution in [0.15, 0.2) is 18.5 Å². The van der Waals surface area contributed by atoms with Gasteiger partial charge in [0.25, 0.3) is 0 Å². The van der Waals surface area contributed by atoms with Gasteiger partial charge in [0.05, 0.1) is 20.4 Å². The van der Waals surface area contributed by atoms with Crippen molar-refractivity contribution in [3.63, 3.8) is 0 Å². The third-order valence-electron chi connectivity index (χ3n) is 3.91. The molecular formula is C17H34N2O4S. The lowest BCUT2D eigenvalue weighted by atomic mass is 10.1. The molecule has 142 valence electrons. The minimum absolute atomic E-state index is 0.808. The molecule has 24 heavy (non-hydrogen) atoms. The molecule has 0 saturated heterocycles. The normalized spacial score (nSPS) is 11.2. The Morgan fingerprint density at radius 3 is 1.83 bits per heavy atom. The van der Waals surface area contributed by atoms with Crippen LogP contribution >= 0.6 is 0 Å². The SMILES string of the molecule is CCCCCCCCCCCC[n+]1cccn1C.COS(=O)(=O)[O-]. The van der Waals surface area contributed by atoms with Gasteiger partial charge < -0.3 is 4.55 Å². The summed E-state index contributed by atoms with van der Waals surface area (Å²) in [6.07, 6.45) is 18.4. The maximum absolute atomic E-state index is 9.22. The van der Waals surface area contributed by atoms with E-state index in [0.717, 1.165) is 7.11 Å². The molecular weight excluding hydrogens is 328 g/mol. The highest BCUT2D eigenvalue weighted by Crippen LogP contribution is 2.10. The fourth-order valence-electron chi connectivity index (χ4n) is 2.45. The Hall–Kier alpha value is -0.920. The van der Waals surface area contributed by atoms with E-state index in [9.17, 15) is 13.0 Å². The highest BCUT2D eigenvalue weighted by Gasteiger charge is 2.02. The van der Waals surface area contributed by atoms with Crippen molar-refractivity contribution in [2.45, 2.75) is 77.7 Å². The van der Waals surface area contributed by atoms with Gasteiger partial charge in [0.15, 0.2) is 12.7 Å². The molecule has 1 aromatic heterocycles. The van der Waals surface area contributed by atoms with Gasteiger partial charge in [0, 0.05) is 12.5 Å². The molecule has 0 aliphatic rings. The minimum Gasteiger partial charge on any atom is -0.726 e. The number of rotatable bonds is 12. The van der Waals surface area contributed by atoms with E-state index in [2.05, 4.69) is 46.0 Å². The van der Waals surface area contributed by atoms with E-state index >= 15 is 0 Å². The first-order valence-corrected chi connectivity index (χ1v) is 10.3. The fourth-order valence-corrected chi connectivity index (χ4v) is 2.45. The summed E-state index contributed by atoms with van der Waals surface area (Å²) in [5.41, 5.74) is 0. The second-order valence-corrected chi connectivity index (χ2v) is 7.13. The first-order valence-electron chi connectivity index (χ1n) is 8.93. The van der Waals surface area contributed by atoms with E-state index in [1.165, 1.54) is 70.8 Å². The predicted molar refractivity (Wildman–Crippen MR) is 94.2 cm³/mol. The summed E-state index contributed by atoms with van der Waals surface area (Å²) in [4.78, 5) is 0. The van der Waals surface area contributed by atoms with Crippen LogP contribution in [0.3, 0.4) is 0 Å². The van der Waals surface area contributed by atoms with Crippen molar-refractivity contribution in [1.29, 1.82) is 0 Å². The molecule has 0 amide bonds. The van der Waals surface area contributed by atoms with E-state index in [-0.39, 0.29) is 0 Å². The number of aromatic nitrogens is 2. The molecule has 0 radical (unpaired) electrons. The number of nitrogens with zero attached hydrogens (tertiary/aromatic N) is 2. The second kappa shape index (κ2) is 14.4. The summed E-state index contributed by atoms with van der Waals surface area (Å²) in [5, 5.41) is 0. The van der Waals surface area contributed by atoms with Gasteiger partial charge in [-0.1, -0.05) is 58.3 Å². The number of hydrogen-bond acceptors (Lipinski definition) is 4. The van der Waals surface area contributed by atoms with Crippen LogP contribution in [-0.2, 0) is 28.2 Å². The summed E-state index contributed by atoms with van der Waals surface area (Å²) in [6, 6.07) is 2.11. The number of hydrogen-bond donors (Lipinski definition) is 0. The van der Waals surface area contributed by atoms with Gasteiger partial charge in [-0.15, -0.1) is 4.68 Å². The quantitative estimate of drug-likeness (QED) is 0.247. The lowest BCUT2D eigenvalue weighted by Crippen LogP contribution is -2.40. The Bertz CT molecular complexity index is 500. The van der Waals surface area contributed by atoms with Gasteiger partial charge in [0.2, 0.25) is 10.4 Å². The lowest BCUT2D eigenvalue weighted by molar-refractivity contribution is -0.773. The molecule has 0 bridgehead atoms. The zero-order valence-corrected chi connectivity index (χ0v) is 16.3. The molecule has 0 aromatic carbocycles. The summed E-state index contributed by atoms with van der Waals surface area (Å²) in [6.45, 7) is 3.45. The van der Waals surface area contributed by atoms with Crippen molar-refractivity contribution < 1.29 is 21.8 Å². The molecule has 0 aliphatic carbocycles. The van der Waals surface area contributed by atoms with Gasteiger partial charge in [-0.05, 0) is 6.42 Å². The standard InChI is InChI=1S/C16H31N2.CH4O4S/c1-3-4-5-6-7-8-9-10-11-12-15-18-16-13-14-17(18)2;1-5-6(2,3)4/h13-14,16H,3-12,15H2,1-2H3;1H3,(H,2,3,4)/q+1;/p-1. The zero-order valence-electron chi connectivity index (χ0n) is 15.4. The Labute approximate surface area is 147 Å². The first kappa shape index (κ1) is 23.1. The Morgan fingerprint density at radius 1 is 1.00 bits per heavy atom. The highest BCUT2D eigenvalue weighted by atomic mass is 32.3. The molecule has 0 spiro atoms. The van der Waals surface area contributed by atoms with Gasteiger partial charge in [0.1, 0.15) is 0 Å². The summed E-state index contributed by atoms with van der Waals surface area (Å²) in [5.74, 6) is 0. The van der Waals surface area contributed by atoms with Crippen LogP contribution in [0.4, 0.5) is 0 Å². The third kappa shape index (κ3) is 14.7. The Morgan fingerprint density at radius 2 is 1.46 bits per heavy atom. The maximum Gasteiger partial charge on any atom is 0.217 e. The van der Waals surface area contributed by atoms with Gasteiger partial charge >= 0.3 is 0 Å². The van der Waals surface area contributed by atoms with Crippen LogP contribution in [-0.4, -0.2) is 24.8 Å². The molecule has 0 saturated carbocycles. The van der Waals surface area contributed by atoms with Crippen molar-refractivity contribution >= 4 is 10.4 Å².